The minimum absolute atomic E-state index is 0.146. The van der Waals surface area contributed by atoms with Gasteiger partial charge in [0, 0.05) is 12.6 Å². The van der Waals surface area contributed by atoms with Crippen LogP contribution in [0.25, 0.3) is 0 Å². The van der Waals surface area contributed by atoms with E-state index in [9.17, 15) is 4.79 Å². The Labute approximate surface area is 119 Å². The second kappa shape index (κ2) is 5.88. The zero-order valence-corrected chi connectivity index (χ0v) is 12.3. The Hall–Kier alpha value is -1.82. The van der Waals surface area contributed by atoms with Gasteiger partial charge in [-0.3, -0.25) is 9.48 Å². The summed E-state index contributed by atoms with van der Waals surface area (Å²) in [6, 6.07) is 7.03. The zero-order valence-electron chi connectivity index (χ0n) is 10.7. The number of hydrogen-bond donors (Lipinski definition) is 1. The van der Waals surface area contributed by atoms with E-state index >= 15 is 0 Å². The summed E-state index contributed by atoms with van der Waals surface area (Å²) in [5.41, 5.74) is 1.48. The molecule has 19 heavy (non-hydrogen) atoms. The smallest absolute Gasteiger partial charge is 0.251 e. The topological polar surface area (TPSA) is 56.1 Å². The maximum Gasteiger partial charge on any atom is 0.251 e. The SMILES string of the molecule is COc1cccc(C(=O)NCc2c(Br)cnn2C)c1. The summed E-state index contributed by atoms with van der Waals surface area (Å²) in [7, 11) is 3.40. The number of aromatic nitrogens is 2. The Kier molecular flexibility index (Phi) is 4.21. The summed E-state index contributed by atoms with van der Waals surface area (Å²) in [6.45, 7) is 0.410. The average molecular weight is 324 g/mol. The highest BCUT2D eigenvalue weighted by Crippen LogP contribution is 2.15. The minimum Gasteiger partial charge on any atom is -0.497 e. The number of rotatable bonds is 4. The van der Waals surface area contributed by atoms with Crippen molar-refractivity contribution < 1.29 is 9.53 Å². The molecule has 1 aromatic carbocycles. The van der Waals surface area contributed by atoms with Crippen LogP contribution in [0.4, 0.5) is 0 Å². The molecule has 0 unspecified atom stereocenters. The summed E-state index contributed by atoms with van der Waals surface area (Å²) in [4.78, 5) is 12.0. The average Bonchev–Trinajstić information content (AvgIpc) is 2.75. The Bertz CT molecular complexity index is 576. The van der Waals surface area contributed by atoms with Gasteiger partial charge in [-0.05, 0) is 34.1 Å². The largest absolute Gasteiger partial charge is 0.497 e. The number of nitrogens with one attached hydrogen (secondary N) is 1. The first-order valence-electron chi connectivity index (χ1n) is 5.70. The molecular formula is C13H14BrN3O2. The minimum atomic E-state index is -0.146. The Balaban J connectivity index is 2.05. The highest BCUT2D eigenvalue weighted by atomic mass is 79.9. The third-order valence-electron chi connectivity index (χ3n) is 2.76. The molecule has 0 fully saturated rings. The third kappa shape index (κ3) is 3.14. The lowest BCUT2D eigenvalue weighted by Gasteiger charge is -2.07. The van der Waals surface area contributed by atoms with Crippen molar-refractivity contribution in [2.45, 2.75) is 6.54 Å². The lowest BCUT2D eigenvalue weighted by molar-refractivity contribution is 0.0949. The van der Waals surface area contributed by atoms with Gasteiger partial charge in [-0.1, -0.05) is 6.07 Å². The maximum absolute atomic E-state index is 12.0. The predicted octanol–water partition coefficient (Wildman–Crippen LogP) is 2.12. The third-order valence-corrected chi connectivity index (χ3v) is 3.42. The van der Waals surface area contributed by atoms with Crippen LogP contribution in [-0.4, -0.2) is 22.8 Å². The Morgan fingerprint density at radius 2 is 2.32 bits per heavy atom. The number of benzene rings is 1. The molecule has 0 aliphatic rings. The van der Waals surface area contributed by atoms with E-state index in [1.165, 1.54) is 0 Å². The molecular weight excluding hydrogens is 310 g/mol. The first kappa shape index (κ1) is 13.6. The molecule has 1 heterocycles. The predicted molar refractivity (Wildman–Crippen MR) is 75.1 cm³/mol. The summed E-state index contributed by atoms with van der Waals surface area (Å²) in [5, 5.41) is 6.94. The lowest BCUT2D eigenvalue weighted by atomic mass is 10.2. The summed E-state index contributed by atoms with van der Waals surface area (Å²) >= 11 is 3.39. The van der Waals surface area contributed by atoms with Gasteiger partial charge < -0.3 is 10.1 Å². The van der Waals surface area contributed by atoms with Crippen molar-refractivity contribution in [3.8, 4) is 5.75 Å². The standard InChI is InChI=1S/C13H14BrN3O2/c1-17-12(11(14)7-16-17)8-15-13(18)9-4-3-5-10(6-9)19-2/h3-7H,8H2,1-2H3,(H,15,18). The Morgan fingerprint density at radius 3 is 2.95 bits per heavy atom. The number of aryl methyl sites for hydroxylation is 1. The second-order valence-electron chi connectivity index (χ2n) is 3.98. The van der Waals surface area contributed by atoms with Gasteiger partial charge in [0.15, 0.2) is 0 Å². The molecule has 2 aromatic rings. The second-order valence-corrected chi connectivity index (χ2v) is 4.83. The number of amides is 1. The van der Waals surface area contributed by atoms with Crippen molar-refractivity contribution in [1.82, 2.24) is 15.1 Å². The number of carbonyl (C=O) groups is 1. The Morgan fingerprint density at radius 1 is 1.53 bits per heavy atom. The van der Waals surface area contributed by atoms with Crippen LogP contribution in [0.3, 0.4) is 0 Å². The normalized spacial score (nSPS) is 10.3. The molecule has 0 atom stereocenters. The van der Waals surface area contributed by atoms with Gasteiger partial charge in [0.1, 0.15) is 5.75 Å². The molecule has 5 nitrogen and oxygen atoms in total. The van der Waals surface area contributed by atoms with E-state index in [1.54, 1.807) is 42.3 Å². The monoisotopic (exact) mass is 323 g/mol. The molecule has 2 rings (SSSR count). The number of halogens is 1. The van der Waals surface area contributed by atoms with Gasteiger partial charge >= 0.3 is 0 Å². The van der Waals surface area contributed by atoms with Crippen LogP contribution in [-0.2, 0) is 13.6 Å². The van der Waals surface area contributed by atoms with Crippen molar-refractivity contribution in [3.05, 3.63) is 46.2 Å². The lowest BCUT2D eigenvalue weighted by Crippen LogP contribution is -2.24. The number of ether oxygens (including phenoxy) is 1. The molecule has 0 saturated heterocycles. The first-order valence-corrected chi connectivity index (χ1v) is 6.49. The molecule has 0 saturated carbocycles. The van der Waals surface area contributed by atoms with E-state index in [0.717, 1.165) is 10.2 Å². The van der Waals surface area contributed by atoms with E-state index < -0.39 is 0 Å². The molecule has 0 aliphatic heterocycles. The summed E-state index contributed by atoms with van der Waals surface area (Å²) in [6.07, 6.45) is 1.70. The van der Waals surface area contributed by atoms with Crippen LogP contribution in [0.5, 0.6) is 5.75 Å². The van der Waals surface area contributed by atoms with Gasteiger partial charge in [0.25, 0.3) is 5.91 Å². The molecule has 0 spiro atoms. The van der Waals surface area contributed by atoms with Gasteiger partial charge in [0.2, 0.25) is 0 Å². The van der Waals surface area contributed by atoms with E-state index in [-0.39, 0.29) is 5.91 Å². The van der Waals surface area contributed by atoms with E-state index in [0.29, 0.717) is 17.9 Å². The fourth-order valence-corrected chi connectivity index (χ4v) is 2.15. The summed E-state index contributed by atoms with van der Waals surface area (Å²) in [5.74, 6) is 0.515. The van der Waals surface area contributed by atoms with Crippen molar-refractivity contribution in [2.24, 2.45) is 7.05 Å². The highest BCUT2D eigenvalue weighted by Gasteiger charge is 2.10. The van der Waals surface area contributed by atoms with Gasteiger partial charge in [-0.25, -0.2) is 0 Å². The zero-order chi connectivity index (χ0) is 13.8. The molecule has 6 heteroatoms. The van der Waals surface area contributed by atoms with E-state index in [1.807, 2.05) is 7.05 Å². The molecule has 1 amide bonds. The van der Waals surface area contributed by atoms with E-state index in [2.05, 4.69) is 26.3 Å². The number of nitrogens with zero attached hydrogens (tertiary/aromatic N) is 2. The molecule has 1 N–H and O–H groups in total. The maximum atomic E-state index is 12.0. The summed E-state index contributed by atoms with van der Waals surface area (Å²) < 4.78 is 7.69. The van der Waals surface area contributed by atoms with Crippen LogP contribution < -0.4 is 10.1 Å². The van der Waals surface area contributed by atoms with Crippen LogP contribution >= 0.6 is 15.9 Å². The van der Waals surface area contributed by atoms with Crippen molar-refractivity contribution in [3.63, 3.8) is 0 Å². The van der Waals surface area contributed by atoms with Crippen LogP contribution in [0.2, 0.25) is 0 Å². The number of hydrogen-bond acceptors (Lipinski definition) is 3. The highest BCUT2D eigenvalue weighted by molar-refractivity contribution is 9.10. The van der Waals surface area contributed by atoms with Crippen molar-refractivity contribution >= 4 is 21.8 Å². The molecule has 0 bridgehead atoms. The fraction of sp³-hybridized carbons (Fsp3) is 0.231. The van der Waals surface area contributed by atoms with Crippen LogP contribution in [0.15, 0.2) is 34.9 Å². The van der Waals surface area contributed by atoms with Crippen molar-refractivity contribution in [2.75, 3.05) is 7.11 Å². The number of carbonyl (C=O) groups excluding carboxylic acids is 1. The van der Waals surface area contributed by atoms with Gasteiger partial charge in [0.05, 0.1) is 30.0 Å². The molecule has 0 radical (unpaired) electrons. The van der Waals surface area contributed by atoms with Crippen LogP contribution in [0, 0.1) is 0 Å². The number of methoxy groups -OCH3 is 1. The molecule has 0 aliphatic carbocycles. The molecule has 1 aromatic heterocycles. The van der Waals surface area contributed by atoms with Crippen LogP contribution in [0.1, 0.15) is 16.1 Å². The molecule has 100 valence electrons. The van der Waals surface area contributed by atoms with Gasteiger partial charge in [-0.2, -0.15) is 5.10 Å². The van der Waals surface area contributed by atoms with Gasteiger partial charge in [-0.15, -0.1) is 0 Å². The van der Waals surface area contributed by atoms with E-state index in [4.69, 9.17) is 4.74 Å². The quantitative estimate of drug-likeness (QED) is 0.937. The van der Waals surface area contributed by atoms with Crippen molar-refractivity contribution in [1.29, 1.82) is 0 Å². The first-order chi connectivity index (χ1) is 9.11. The fourth-order valence-electron chi connectivity index (χ4n) is 1.67.